The first-order chi connectivity index (χ1) is 11.7. The Bertz CT molecular complexity index is 722. The molecule has 2 aromatic rings. The molecule has 8 heteroatoms. The maximum atomic E-state index is 5.94. The number of nitrogens with one attached hydrogen (secondary N) is 1. The van der Waals surface area contributed by atoms with Gasteiger partial charge >= 0.3 is 0 Å². The van der Waals surface area contributed by atoms with Gasteiger partial charge in [-0.25, -0.2) is 9.98 Å². The fourth-order valence-corrected chi connectivity index (χ4v) is 2.23. The number of aliphatic imine (C=N–C) groups is 1. The van der Waals surface area contributed by atoms with Crippen molar-refractivity contribution >= 4 is 35.6 Å². The van der Waals surface area contributed by atoms with Crippen LogP contribution in [0.4, 0.5) is 5.69 Å². The van der Waals surface area contributed by atoms with Crippen LogP contribution >= 0.6 is 24.0 Å². The molecular formula is C17H21IN4O3. The van der Waals surface area contributed by atoms with Crippen molar-refractivity contribution in [1.82, 2.24) is 4.98 Å². The van der Waals surface area contributed by atoms with Crippen molar-refractivity contribution in [3.05, 3.63) is 42.1 Å². The Morgan fingerprint density at radius 1 is 1.24 bits per heavy atom. The van der Waals surface area contributed by atoms with E-state index in [9.17, 15) is 0 Å². The van der Waals surface area contributed by atoms with Gasteiger partial charge in [0.1, 0.15) is 0 Å². The first kappa shape index (κ1) is 19.1. The molecule has 1 aromatic carbocycles. The number of pyridine rings is 1. The number of fused-ring (bicyclic) bond motifs is 1. The fraction of sp³-hybridized carbons (Fsp3) is 0.294. The van der Waals surface area contributed by atoms with E-state index in [-0.39, 0.29) is 24.0 Å². The van der Waals surface area contributed by atoms with Gasteiger partial charge < -0.3 is 25.3 Å². The number of anilines is 1. The van der Waals surface area contributed by atoms with Crippen LogP contribution in [0, 0.1) is 0 Å². The number of rotatable bonds is 4. The van der Waals surface area contributed by atoms with E-state index in [0.29, 0.717) is 37.3 Å². The molecule has 0 saturated carbocycles. The third-order valence-electron chi connectivity index (χ3n) is 3.46. The SMILES string of the molecule is COc1ccc(CN=C(N)Nc2ccc3c(c2)OCCCO3)cn1.I. The topological polar surface area (TPSA) is 91.0 Å². The molecule has 0 unspecified atom stereocenters. The zero-order chi connectivity index (χ0) is 16.8. The largest absolute Gasteiger partial charge is 0.490 e. The van der Waals surface area contributed by atoms with Crippen LogP contribution in [0.3, 0.4) is 0 Å². The lowest BCUT2D eigenvalue weighted by Gasteiger charge is -2.10. The molecule has 7 nitrogen and oxygen atoms in total. The minimum Gasteiger partial charge on any atom is -0.490 e. The summed E-state index contributed by atoms with van der Waals surface area (Å²) in [5.41, 5.74) is 7.68. The lowest BCUT2D eigenvalue weighted by Crippen LogP contribution is -2.22. The van der Waals surface area contributed by atoms with Gasteiger partial charge in [0.05, 0.1) is 26.9 Å². The summed E-state index contributed by atoms with van der Waals surface area (Å²) in [5, 5.41) is 3.05. The van der Waals surface area contributed by atoms with E-state index >= 15 is 0 Å². The van der Waals surface area contributed by atoms with E-state index in [1.54, 1.807) is 19.4 Å². The van der Waals surface area contributed by atoms with Crippen LogP contribution in [0.5, 0.6) is 17.4 Å². The molecule has 1 aliphatic rings. The van der Waals surface area contributed by atoms with Crippen LogP contribution in [-0.4, -0.2) is 31.3 Å². The molecule has 0 fully saturated rings. The smallest absolute Gasteiger partial charge is 0.212 e. The number of ether oxygens (including phenoxy) is 3. The Morgan fingerprint density at radius 2 is 2.04 bits per heavy atom. The summed E-state index contributed by atoms with van der Waals surface area (Å²) in [6, 6.07) is 9.29. The highest BCUT2D eigenvalue weighted by atomic mass is 127. The lowest BCUT2D eigenvalue weighted by atomic mass is 10.2. The summed E-state index contributed by atoms with van der Waals surface area (Å²) < 4.78 is 16.3. The maximum absolute atomic E-state index is 5.94. The molecule has 3 N–H and O–H groups in total. The van der Waals surface area contributed by atoms with Crippen molar-refractivity contribution in [1.29, 1.82) is 0 Å². The second-order valence-corrected chi connectivity index (χ2v) is 5.25. The number of aromatic nitrogens is 1. The average molecular weight is 456 g/mol. The van der Waals surface area contributed by atoms with Gasteiger partial charge in [-0.05, 0) is 17.7 Å². The second kappa shape index (κ2) is 9.30. The zero-order valence-corrected chi connectivity index (χ0v) is 16.2. The zero-order valence-electron chi connectivity index (χ0n) is 13.9. The van der Waals surface area contributed by atoms with Gasteiger partial charge in [0.15, 0.2) is 17.5 Å². The summed E-state index contributed by atoms with van der Waals surface area (Å²) in [6.45, 7) is 1.74. The van der Waals surface area contributed by atoms with E-state index < -0.39 is 0 Å². The van der Waals surface area contributed by atoms with Crippen molar-refractivity contribution in [2.45, 2.75) is 13.0 Å². The van der Waals surface area contributed by atoms with Crippen LogP contribution in [0.2, 0.25) is 0 Å². The molecule has 0 aliphatic carbocycles. The van der Waals surface area contributed by atoms with Crippen LogP contribution in [0.1, 0.15) is 12.0 Å². The van der Waals surface area contributed by atoms with Gasteiger partial charge in [-0.3, -0.25) is 0 Å². The fourth-order valence-electron chi connectivity index (χ4n) is 2.23. The third-order valence-corrected chi connectivity index (χ3v) is 3.46. The normalized spacial score (nSPS) is 13.4. The predicted molar refractivity (Wildman–Crippen MR) is 107 cm³/mol. The molecule has 134 valence electrons. The Labute approximate surface area is 163 Å². The Hall–Kier alpha value is -2.23. The van der Waals surface area contributed by atoms with Crippen molar-refractivity contribution < 1.29 is 14.2 Å². The molecular weight excluding hydrogens is 435 g/mol. The van der Waals surface area contributed by atoms with E-state index in [4.69, 9.17) is 19.9 Å². The van der Waals surface area contributed by atoms with Crippen molar-refractivity contribution in [3.63, 3.8) is 0 Å². The van der Waals surface area contributed by atoms with E-state index in [0.717, 1.165) is 23.4 Å². The Kier molecular flexibility index (Phi) is 7.11. The Balaban J connectivity index is 0.00000225. The lowest BCUT2D eigenvalue weighted by molar-refractivity contribution is 0.297. The first-order valence-corrected chi connectivity index (χ1v) is 7.70. The standard InChI is InChI=1S/C17H20N4O3.HI/c1-22-16-6-3-12(10-19-16)11-20-17(18)21-13-4-5-14-15(9-13)24-8-2-7-23-14;/h3-6,9-10H,2,7-8,11H2,1H3,(H3,18,20,21);1H. The number of guanidine groups is 1. The van der Waals surface area contributed by atoms with Gasteiger partial charge in [0.2, 0.25) is 5.88 Å². The number of hydrogen-bond donors (Lipinski definition) is 2. The summed E-state index contributed by atoms with van der Waals surface area (Å²) in [4.78, 5) is 8.44. The molecule has 0 saturated heterocycles. The number of hydrogen-bond acceptors (Lipinski definition) is 5. The maximum Gasteiger partial charge on any atom is 0.212 e. The molecule has 1 aromatic heterocycles. The minimum atomic E-state index is 0. The molecule has 3 rings (SSSR count). The van der Waals surface area contributed by atoms with Gasteiger partial charge in [0.25, 0.3) is 0 Å². The second-order valence-electron chi connectivity index (χ2n) is 5.25. The van der Waals surface area contributed by atoms with Crippen molar-refractivity contribution in [2.75, 3.05) is 25.6 Å². The van der Waals surface area contributed by atoms with E-state index in [1.807, 2.05) is 24.3 Å². The number of nitrogens with two attached hydrogens (primary N) is 1. The van der Waals surface area contributed by atoms with Gasteiger partial charge in [-0.15, -0.1) is 24.0 Å². The molecule has 0 amide bonds. The van der Waals surface area contributed by atoms with E-state index in [2.05, 4.69) is 15.3 Å². The van der Waals surface area contributed by atoms with Crippen LogP contribution in [-0.2, 0) is 6.54 Å². The van der Waals surface area contributed by atoms with Crippen molar-refractivity contribution in [2.24, 2.45) is 10.7 Å². The van der Waals surface area contributed by atoms with Gasteiger partial charge in [-0.2, -0.15) is 0 Å². The monoisotopic (exact) mass is 456 g/mol. The highest BCUT2D eigenvalue weighted by Crippen LogP contribution is 2.32. The summed E-state index contributed by atoms with van der Waals surface area (Å²) in [7, 11) is 1.58. The number of halogens is 1. The average Bonchev–Trinajstić information content (AvgIpc) is 2.85. The van der Waals surface area contributed by atoms with Crippen molar-refractivity contribution in [3.8, 4) is 17.4 Å². The molecule has 0 atom stereocenters. The van der Waals surface area contributed by atoms with Crippen LogP contribution in [0.25, 0.3) is 0 Å². The minimum absolute atomic E-state index is 0. The molecule has 0 bridgehead atoms. The highest BCUT2D eigenvalue weighted by Gasteiger charge is 2.10. The van der Waals surface area contributed by atoms with Crippen LogP contribution in [0.15, 0.2) is 41.5 Å². The number of nitrogens with zero attached hydrogens (tertiary/aromatic N) is 2. The number of methoxy groups -OCH3 is 1. The van der Waals surface area contributed by atoms with E-state index in [1.165, 1.54) is 0 Å². The molecule has 25 heavy (non-hydrogen) atoms. The summed E-state index contributed by atoms with van der Waals surface area (Å²) in [5.74, 6) is 2.35. The molecule has 1 aliphatic heterocycles. The molecule has 0 spiro atoms. The first-order valence-electron chi connectivity index (χ1n) is 7.70. The Morgan fingerprint density at radius 3 is 2.76 bits per heavy atom. The molecule has 2 heterocycles. The summed E-state index contributed by atoms with van der Waals surface area (Å²) in [6.07, 6.45) is 2.58. The van der Waals surface area contributed by atoms with Gasteiger partial charge in [0, 0.05) is 30.4 Å². The third kappa shape index (κ3) is 5.38. The highest BCUT2D eigenvalue weighted by molar-refractivity contribution is 14.0. The van der Waals surface area contributed by atoms with Gasteiger partial charge in [-0.1, -0.05) is 6.07 Å². The van der Waals surface area contributed by atoms with Crippen LogP contribution < -0.4 is 25.3 Å². The number of benzene rings is 1. The predicted octanol–water partition coefficient (Wildman–Crippen LogP) is 2.80. The molecule has 0 radical (unpaired) electrons. The summed E-state index contributed by atoms with van der Waals surface area (Å²) >= 11 is 0. The quantitative estimate of drug-likeness (QED) is 0.418.